The summed E-state index contributed by atoms with van der Waals surface area (Å²) in [6, 6.07) is -0.898. The molecule has 1 aromatic rings. The highest BCUT2D eigenvalue weighted by Crippen LogP contribution is 2.14. The fraction of sp³-hybridized carbons (Fsp3) is 0.736. The molecule has 8 amide bonds. The molecule has 1 fully saturated rings. The molecule has 0 radical (unpaired) electrons. The van der Waals surface area contributed by atoms with Gasteiger partial charge in [-0.05, 0) is 108 Å². The third kappa shape index (κ3) is 26.2. The molecule has 0 saturated carbocycles. The molecule has 1 aromatic carbocycles. The number of aliphatic hydroxyl groups excluding tert-OH is 2. The third-order valence-electron chi connectivity index (χ3n) is 13.0. The third-order valence-corrected chi connectivity index (χ3v) is 13.0. The number of carbonyl (C=O) groups excluding carboxylic acids is 8. The molecular formula is C53H95N13O10. The molecule has 1 heterocycles. The van der Waals surface area contributed by atoms with Crippen molar-refractivity contribution < 1.29 is 48.6 Å². The molecule has 1 aliphatic heterocycles. The van der Waals surface area contributed by atoms with Crippen LogP contribution < -0.4 is 70.8 Å². The Morgan fingerprint density at radius 2 is 1.21 bits per heavy atom. The van der Waals surface area contributed by atoms with E-state index in [1.807, 2.05) is 27.7 Å². The number of carbonyl (C=O) groups is 8. The average molecular weight is 1070 g/mol. The minimum absolute atomic E-state index is 0.00266. The second kappa shape index (κ2) is 37.5. The Kier molecular flexibility index (Phi) is 32.9. The van der Waals surface area contributed by atoms with Crippen LogP contribution in [0.25, 0.3) is 0 Å². The van der Waals surface area contributed by atoms with Gasteiger partial charge in [-0.15, -0.1) is 0 Å². The van der Waals surface area contributed by atoms with Crippen molar-refractivity contribution in [2.45, 2.75) is 204 Å². The minimum Gasteiger partial charge on any atom is -0.393 e. The molecule has 432 valence electrons. The van der Waals surface area contributed by atoms with Crippen molar-refractivity contribution in [1.82, 2.24) is 47.9 Å². The molecule has 0 aliphatic carbocycles. The Balaban J connectivity index is 2.72. The molecule has 10 atom stereocenters. The lowest BCUT2D eigenvalue weighted by Crippen LogP contribution is -2.62. The van der Waals surface area contributed by atoms with E-state index in [9.17, 15) is 48.6 Å². The van der Waals surface area contributed by atoms with Crippen LogP contribution in [-0.2, 0) is 44.8 Å². The van der Waals surface area contributed by atoms with E-state index in [-0.39, 0.29) is 102 Å². The fourth-order valence-electron chi connectivity index (χ4n) is 8.88. The SMILES string of the molecule is CCCCCCC[C@@H](O)CC(=O)N[C@H](CCN)C(=O)N[C@H]1CCNC(=O)[C@H](CC(C)C)NC(=O)[C@H](CCN)NC(=O)[C@H](CCN)NC(O)[C@H](CC(C)C)NC(=O)[C@@H](Cc2ccccc2)NC(=O)[C@H](CCCCN)NC1=O. The maximum atomic E-state index is 14.6. The van der Waals surface area contributed by atoms with E-state index < -0.39 is 108 Å². The largest absolute Gasteiger partial charge is 0.393 e. The van der Waals surface area contributed by atoms with Gasteiger partial charge in [0.15, 0.2) is 0 Å². The Bertz CT molecular complexity index is 1910. The van der Waals surface area contributed by atoms with Gasteiger partial charge in [0.2, 0.25) is 47.3 Å². The number of hydrogen-bond acceptors (Lipinski definition) is 15. The molecule has 1 aliphatic rings. The van der Waals surface area contributed by atoms with Gasteiger partial charge in [-0.2, -0.15) is 0 Å². The Hall–Kier alpha value is -5.30. The molecule has 2 rings (SSSR count). The Labute approximate surface area is 450 Å². The van der Waals surface area contributed by atoms with E-state index in [4.69, 9.17) is 22.9 Å². The van der Waals surface area contributed by atoms with Crippen molar-refractivity contribution in [2.75, 3.05) is 32.7 Å². The summed E-state index contributed by atoms with van der Waals surface area (Å²) < 4.78 is 0. The van der Waals surface area contributed by atoms with Crippen LogP contribution in [0.3, 0.4) is 0 Å². The summed E-state index contributed by atoms with van der Waals surface area (Å²) >= 11 is 0. The average Bonchev–Trinajstić information content (AvgIpc) is 3.36. The molecule has 0 spiro atoms. The lowest BCUT2D eigenvalue weighted by atomic mass is 9.99. The smallest absolute Gasteiger partial charge is 0.243 e. The topological polar surface area (TPSA) is 389 Å². The van der Waals surface area contributed by atoms with Gasteiger partial charge in [0.05, 0.1) is 24.6 Å². The normalized spacial score (nSPS) is 23.8. The van der Waals surface area contributed by atoms with Crippen molar-refractivity contribution in [3.63, 3.8) is 0 Å². The molecule has 23 heteroatoms. The summed E-state index contributed by atoms with van der Waals surface area (Å²) in [6.45, 7) is 9.51. The van der Waals surface area contributed by atoms with Crippen molar-refractivity contribution in [1.29, 1.82) is 0 Å². The summed E-state index contributed by atoms with van der Waals surface area (Å²) in [5.41, 5.74) is 24.3. The van der Waals surface area contributed by atoms with Crippen molar-refractivity contribution >= 4 is 47.3 Å². The van der Waals surface area contributed by atoms with Crippen LogP contribution in [0.15, 0.2) is 30.3 Å². The lowest BCUT2D eigenvalue weighted by molar-refractivity contribution is -0.135. The quantitative estimate of drug-likeness (QED) is 0.0460. The first-order valence-electron chi connectivity index (χ1n) is 27.6. The van der Waals surface area contributed by atoms with Crippen LogP contribution in [0.4, 0.5) is 0 Å². The van der Waals surface area contributed by atoms with Gasteiger partial charge in [0.25, 0.3) is 0 Å². The van der Waals surface area contributed by atoms with Gasteiger partial charge in [-0.3, -0.25) is 43.7 Å². The molecule has 1 unspecified atom stereocenters. The van der Waals surface area contributed by atoms with E-state index in [0.717, 1.165) is 32.1 Å². The van der Waals surface area contributed by atoms with Crippen molar-refractivity contribution in [3.8, 4) is 0 Å². The second-order valence-electron chi connectivity index (χ2n) is 20.8. The monoisotopic (exact) mass is 1070 g/mol. The molecule has 23 nitrogen and oxygen atoms in total. The molecule has 0 bridgehead atoms. The number of amides is 8. The molecule has 19 N–H and O–H groups in total. The van der Waals surface area contributed by atoms with E-state index in [1.165, 1.54) is 0 Å². The van der Waals surface area contributed by atoms with Crippen LogP contribution in [0, 0.1) is 11.8 Å². The number of rotatable bonds is 27. The predicted molar refractivity (Wildman–Crippen MR) is 291 cm³/mol. The molecule has 76 heavy (non-hydrogen) atoms. The van der Waals surface area contributed by atoms with Crippen LogP contribution in [0.5, 0.6) is 0 Å². The summed E-state index contributed by atoms with van der Waals surface area (Å²) in [7, 11) is 0. The minimum atomic E-state index is -1.55. The van der Waals surface area contributed by atoms with Gasteiger partial charge >= 0.3 is 0 Å². The standard InChI is InChI=1S/C53H95N13O10/c1-6-7-8-9-13-18-36(67)32-45(68)59-38(20-25-55)48(71)63-41-23-28-58-46(69)42(29-33(2)3)64-50(73)40(22-27-57)61-49(72)39(21-26-56)62-52(75)43(30-34(4)5)65-53(76)44(31-35-16-11-10-12-17-35)66-47(70)37(60-51(41)74)19-14-15-24-54/h10-12,16-17,33-34,36-44,52,62,67,75H,6-9,13-15,18-32,54-57H2,1-5H3,(H,58,69)(H,59,68)(H,60,74)(H,61,72)(H,63,71)(H,64,73)(H,65,76)(H,66,70)/t36-,37+,38-,39+,40+,41+,42+,43+,44-,52?/m1/s1. The summed E-state index contributed by atoms with van der Waals surface area (Å²) in [4.78, 5) is 113. The Morgan fingerprint density at radius 3 is 1.83 bits per heavy atom. The number of aliphatic hydroxyl groups is 2. The Morgan fingerprint density at radius 1 is 0.632 bits per heavy atom. The summed E-state index contributed by atoms with van der Waals surface area (Å²) in [5.74, 6) is -5.91. The number of nitrogens with two attached hydrogens (primary N) is 4. The zero-order valence-corrected chi connectivity index (χ0v) is 45.8. The molecule has 0 aromatic heterocycles. The van der Waals surface area contributed by atoms with E-state index >= 15 is 0 Å². The first kappa shape index (κ1) is 66.8. The van der Waals surface area contributed by atoms with Gasteiger partial charge < -0.3 is 75.7 Å². The maximum absolute atomic E-state index is 14.6. The number of nitrogens with one attached hydrogen (secondary N) is 9. The van der Waals surface area contributed by atoms with Crippen LogP contribution in [0.2, 0.25) is 0 Å². The number of unbranched alkanes of at least 4 members (excludes halogenated alkanes) is 5. The highest BCUT2D eigenvalue weighted by atomic mass is 16.3. The van der Waals surface area contributed by atoms with Crippen molar-refractivity contribution in [3.05, 3.63) is 35.9 Å². The number of hydrogen-bond donors (Lipinski definition) is 15. The van der Waals surface area contributed by atoms with Crippen LogP contribution in [0.1, 0.15) is 143 Å². The van der Waals surface area contributed by atoms with Gasteiger partial charge in [-0.25, -0.2) is 0 Å². The van der Waals surface area contributed by atoms with Gasteiger partial charge in [0, 0.05) is 13.0 Å². The summed E-state index contributed by atoms with van der Waals surface area (Å²) in [6.07, 6.45) is 3.40. The maximum Gasteiger partial charge on any atom is 0.243 e. The van der Waals surface area contributed by atoms with Crippen LogP contribution >= 0.6 is 0 Å². The van der Waals surface area contributed by atoms with E-state index in [1.54, 1.807) is 30.3 Å². The first-order chi connectivity index (χ1) is 36.3. The highest BCUT2D eigenvalue weighted by Gasteiger charge is 2.36. The van der Waals surface area contributed by atoms with Crippen molar-refractivity contribution in [2.24, 2.45) is 34.8 Å². The van der Waals surface area contributed by atoms with Gasteiger partial charge in [0.1, 0.15) is 42.5 Å². The first-order valence-corrected chi connectivity index (χ1v) is 27.6. The molecular weight excluding hydrogens is 979 g/mol. The second-order valence-corrected chi connectivity index (χ2v) is 20.8. The van der Waals surface area contributed by atoms with Gasteiger partial charge in [-0.1, -0.05) is 97.1 Å². The number of benzene rings is 1. The van der Waals surface area contributed by atoms with E-state index in [0.29, 0.717) is 24.8 Å². The predicted octanol–water partition coefficient (Wildman–Crippen LogP) is -1.20. The molecule has 1 saturated heterocycles. The lowest BCUT2D eigenvalue weighted by Gasteiger charge is -2.32. The highest BCUT2D eigenvalue weighted by molar-refractivity contribution is 5.96. The zero-order valence-electron chi connectivity index (χ0n) is 45.8. The summed E-state index contributed by atoms with van der Waals surface area (Å²) in [5, 5.41) is 47.3. The van der Waals surface area contributed by atoms with E-state index in [2.05, 4.69) is 54.8 Å². The van der Waals surface area contributed by atoms with Crippen LogP contribution in [-0.4, -0.2) is 151 Å². The fourth-order valence-corrected chi connectivity index (χ4v) is 8.88. The zero-order chi connectivity index (χ0) is 56.6.